The summed E-state index contributed by atoms with van der Waals surface area (Å²) in [6.07, 6.45) is 12.2. The Hall–Kier alpha value is -2.77. The molecule has 1 amide bonds. The highest BCUT2D eigenvalue weighted by molar-refractivity contribution is 6.01. The Morgan fingerprint density at radius 3 is 2.71 bits per heavy atom. The van der Waals surface area contributed by atoms with Gasteiger partial charge in [-0.3, -0.25) is 14.4 Å². The first-order valence-corrected chi connectivity index (χ1v) is 15.6. The lowest BCUT2D eigenvalue weighted by Crippen LogP contribution is -2.66. The van der Waals surface area contributed by atoms with Crippen molar-refractivity contribution in [3.05, 3.63) is 48.1 Å². The lowest BCUT2D eigenvalue weighted by molar-refractivity contribution is -0.211. The summed E-state index contributed by atoms with van der Waals surface area (Å²) in [4.78, 5) is 38.3. The van der Waals surface area contributed by atoms with Crippen LogP contribution in [-0.4, -0.2) is 42.1 Å². The molecule has 4 saturated carbocycles. The minimum absolute atomic E-state index is 0.0264. The number of hydrogen-bond acceptors (Lipinski definition) is 6. The van der Waals surface area contributed by atoms with Crippen molar-refractivity contribution in [2.45, 2.75) is 90.1 Å². The average molecular weight is 560 g/mol. The molecule has 1 spiro atoms. The number of anilines is 1. The number of carbonyl (C=O) groups is 3. The average Bonchev–Trinajstić information content (AvgIpc) is 3.43. The van der Waals surface area contributed by atoms with Crippen molar-refractivity contribution in [3.8, 4) is 5.75 Å². The number of ether oxygens (including phenoxy) is 3. The fourth-order valence-electron chi connectivity index (χ4n) is 10.0. The molecule has 9 atom stereocenters. The molecule has 0 aromatic heterocycles. The second-order valence-corrected chi connectivity index (χ2v) is 13.4. The van der Waals surface area contributed by atoms with Gasteiger partial charge in [0, 0.05) is 22.9 Å². The van der Waals surface area contributed by atoms with Gasteiger partial charge < -0.3 is 19.5 Å². The van der Waals surface area contributed by atoms with E-state index in [2.05, 4.69) is 25.2 Å². The van der Waals surface area contributed by atoms with Crippen molar-refractivity contribution in [1.29, 1.82) is 0 Å². The van der Waals surface area contributed by atoms with Crippen LogP contribution in [0.1, 0.15) is 72.1 Å². The summed E-state index contributed by atoms with van der Waals surface area (Å²) < 4.78 is 19.4. The molecule has 7 heteroatoms. The fraction of sp³-hybridized carbons (Fsp3) is 0.618. The predicted molar refractivity (Wildman–Crippen MR) is 153 cm³/mol. The highest BCUT2D eigenvalue weighted by atomic mass is 16.7. The van der Waals surface area contributed by atoms with Crippen LogP contribution in [-0.2, 0) is 23.9 Å². The maximum atomic E-state index is 14.4. The van der Waals surface area contributed by atoms with Gasteiger partial charge in [0.15, 0.2) is 17.7 Å². The van der Waals surface area contributed by atoms with Crippen molar-refractivity contribution in [2.24, 2.45) is 34.5 Å². The van der Waals surface area contributed by atoms with Crippen LogP contribution in [0.25, 0.3) is 0 Å². The Morgan fingerprint density at radius 1 is 1.15 bits per heavy atom. The van der Waals surface area contributed by atoms with E-state index in [1.165, 1.54) is 5.57 Å². The van der Waals surface area contributed by atoms with Gasteiger partial charge in [-0.1, -0.05) is 38.8 Å². The first-order valence-electron chi connectivity index (χ1n) is 15.6. The zero-order valence-electron chi connectivity index (χ0n) is 24.3. The molecular formula is C34H41NO6. The largest absolute Gasteiger partial charge is 0.486 e. The van der Waals surface area contributed by atoms with Crippen molar-refractivity contribution in [2.75, 3.05) is 11.9 Å². The predicted octanol–water partition coefficient (Wildman–Crippen LogP) is 5.79. The summed E-state index contributed by atoms with van der Waals surface area (Å²) >= 11 is 0. The number of rotatable bonds is 8. The fourth-order valence-corrected chi connectivity index (χ4v) is 10.0. The van der Waals surface area contributed by atoms with Crippen LogP contribution in [0.5, 0.6) is 5.75 Å². The summed E-state index contributed by atoms with van der Waals surface area (Å²) in [6, 6.07) is 7.15. The Kier molecular flexibility index (Phi) is 6.36. The summed E-state index contributed by atoms with van der Waals surface area (Å²) in [5.74, 6) is 2.48. The third-order valence-electron chi connectivity index (χ3n) is 11.6. The lowest BCUT2D eigenvalue weighted by atomic mass is 9.35. The number of hydrogen-bond donors (Lipinski definition) is 1. The molecule has 0 bridgehead atoms. The molecule has 6 aliphatic rings. The van der Waals surface area contributed by atoms with E-state index in [9.17, 15) is 14.4 Å². The van der Waals surface area contributed by atoms with E-state index in [0.29, 0.717) is 41.5 Å². The van der Waals surface area contributed by atoms with Crippen LogP contribution in [0.4, 0.5) is 5.69 Å². The first kappa shape index (κ1) is 27.1. The number of benzene rings is 1. The summed E-state index contributed by atoms with van der Waals surface area (Å²) in [5.41, 5.74) is 0.718. The van der Waals surface area contributed by atoms with Crippen LogP contribution < -0.4 is 10.1 Å². The van der Waals surface area contributed by atoms with Crippen LogP contribution >= 0.6 is 0 Å². The van der Waals surface area contributed by atoms with E-state index < -0.39 is 5.60 Å². The third kappa shape index (κ3) is 3.80. The molecule has 1 aromatic carbocycles. The van der Waals surface area contributed by atoms with E-state index in [4.69, 9.17) is 14.2 Å². The van der Waals surface area contributed by atoms with E-state index in [-0.39, 0.29) is 47.3 Å². The van der Waals surface area contributed by atoms with Gasteiger partial charge >= 0.3 is 0 Å². The molecular weight excluding hydrogens is 518 g/mol. The zero-order chi connectivity index (χ0) is 28.6. The topological polar surface area (TPSA) is 90.9 Å². The molecule has 1 N–H and O–H groups in total. The molecule has 1 heterocycles. The first-order chi connectivity index (χ1) is 19.7. The normalized spacial score (nSPS) is 41.3. The van der Waals surface area contributed by atoms with Crippen molar-refractivity contribution >= 4 is 23.2 Å². The van der Waals surface area contributed by atoms with E-state index >= 15 is 0 Å². The van der Waals surface area contributed by atoms with Gasteiger partial charge in [-0.25, -0.2) is 0 Å². The maximum Gasteiger partial charge on any atom is 0.224 e. The molecule has 0 radical (unpaired) electrons. The van der Waals surface area contributed by atoms with Crippen molar-refractivity contribution < 1.29 is 28.6 Å². The van der Waals surface area contributed by atoms with E-state index in [0.717, 1.165) is 44.9 Å². The number of Topliss-reactive ketones (excluding diaryl/α,β-unsaturated/α-hetero) is 1. The third-order valence-corrected chi connectivity index (χ3v) is 11.6. The van der Waals surface area contributed by atoms with Crippen molar-refractivity contribution in [1.82, 2.24) is 0 Å². The summed E-state index contributed by atoms with van der Waals surface area (Å²) in [7, 11) is 0. The molecule has 7 nitrogen and oxygen atoms in total. The molecule has 5 fully saturated rings. The van der Waals surface area contributed by atoms with Gasteiger partial charge in [-0.15, -0.1) is 0 Å². The van der Waals surface area contributed by atoms with Crippen LogP contribution in [0.3, 0.4) is 0 Å². The highest BCUT2D eigenvalue weighted by Gasteiger charge is 2.78. The minimum atomic E-state index is -1.02. The Balaban J connectivity index is 1.15. The zero-order valence-corrected chi connectivity index (χ0v) is 24.3. The maximum absolute atomic E-state index is 14.4. The Morgan fingerprint density at radius 2 is 1.95 bits per heavy atom. The number of ketones is 2. The minimum Gasteiger partial charge on any atom is -0.486 e. The molecule has 1 aliphatic heterocycles. The Bertz CT molecular complexity index is 1330. The monoisotopic (exact) mass is 559 g/mol. The van der Waals surface area contributed by atoms with Gasteiger partial charge in [0.1, 0.15) is 12.4 Å². The smallest absolute Gasteiger partial charge is 0.224 e. The van der Waals surface area contributed by atoms with E-state index in [1.54, 1.807) is 30.3 Å². The molecule has 7 rings (SSSR count). The summed E-state index contributed by atoms with van der Waals surface area (Å²) in [5, 5.41) is 2.84. The van der Waals surface area contributed by atoms with Crippen LogP contribution in [0, 0.1) is 34.5 Å². The molecule has 1 saturated heterocycles. The second kappa shape index (κ2) is 9.63. The van der Waals surface area contributed by atoms with Crippen LogP contribution in [0.2, 0.25) is 0 Å². The van der Waals surface area contributed by atoms with Gasteiger partial charge in [0.2, 0.25) is 11.7 Å². The Labute approximate surface area is 242 Å². The number of amides is 1. The molecule has 9 unspecified atom stereocenters. The standard InChI is InChI=1S/C34H41NO6/c1-4-6-30-40-28-16-26-25-12-7-21-15-23(36)13-14-33(21)18-20(31(25)33)17-32(26,3)34(28,41-30)27(37)19-39-24-10-8-22(9-11-24)35-29(38)5-2/h8-11,13-15,20,25-26,28,30-31H,4-7,12,16-19H2,1-3H3,(H,35,38). The SMILES string of the molecule is CCCC1OC2CC3C4CCC5=CC(=O)C=CC56CC(CC3(C)C2(C(=O)COc2ccc(NC(=O)CC)cc2)O1)C46. The molecule has 1 aromatic rings. The highest BCUT2D eigenvalue weighted by Crippen LogP contribution is 2.76. The van der Waals surface area contributed by atoms with E-state index in [1.807, 2.05) is 13.0 Å². The molecule has 218 valence electrons. The quantitative estimate of drug-likeness (QED) is 0.434. The lowest BCUT2D eigenvalue weighted by Gasteiger charge is -2.69. The second-order valence-electron chi connectivity index (χ2n) is 13.4. The van der Waals surface area contributed by atoms with Crippen molar-refractivity contribution in [3.63, 3.8) is 0 Å². The van der Waals surface area contributed by atoms with Gasteiger partial charge in [-0.2, -0.15) is 0 Å². The number of nitrogens with one attached hydrogen (secondary N) is 1. The van der Waals surface area contributed by atoms with Crippen LogP contribution in [0.15, 0.2) is 48.1 Å². The molecule has 41 heavy (non-hydrogen) atoms. The number of allylic oxidation sites excluding steroid dienone is 4. The van der Waals surface area contributed by atoms with Gasteiger partial charge in [0.25, 0.3) is 0 Å². The number of carbonyl (C=O) groups excluding carboxylic acids is 3. The summed E-state index contributed by atoms with van der Waals surface area (Å²) in [6.45, 7) is 6.14. The number of fused-ring (bicyclic) bond motifs is 4. The van der Waals surface area contributed by atoms with Gasteiger partial charge in [-0.05, 0) is 98.6 Å². The van der Waals surface area contributed by atoms with Gasteiger partial charge in [0.05, 0.1) is 6.10 Å². The molecule has 5 aliphatic carbocycles.